The lowest BCUT2D eigenvalue weighted by molar-refractivity contribution is -0.138. The molecule has 0 bridgehead atoms. The summed E-state index contributed by atoms with van der Waals surface area (Å²) < 4.78 is 5.25. The van der Waals surface area contributed by atoms with Crippen LogP contribution < -0.4 is 16.0 Å². The molecule has 1 heterocycles. The van der Waals surface area contributed by atoms with E-state index in [-0.39, 0.29) is 17.2 Å². The van der Waals surface area contributed by atoms with E-state index in [1.807, 2.05) is 38.4 Å². The smallest absolute Gasteiger partial charge is 0.251 e. The topological polar surface area (TPSA) is 99.0 Å². The molecule has 0 atom stereocenters. The average molecular weight is 440 g/mol. The maximum absolute atomic E-state index is 12.8. The van der Waals surface area contributed by atoms with Gasteiger partial charge in [-0.05, 0) is 42.7 Å². The van der Waals surface area contributed by atoms with Crippen LogP contribution >= 0.6 is 0 Å². The molecule has 32 heavy (non-hydrogen) atoms. The fourth-order valence-electron chi connectivity index (χ4n) is 4.16. The van der Waals surface area contributed by atoms with Gasteiger partial charge < -0.3 is 25.3 Å². The summed E-state index contributed by atoms with van der Waals surface area (Å²) >= 11 is 0. The number of aliphatic imine (C=N–C) groups is 1. The average Bonchev–Trinajstić information content (AvgIpc) is 3.50. The Labute approximate surface area is 189 Å². The number of rotatable bonds is 8. The normalized spacial score (nSPS) is 15.3. The zero-order valence-corrected chi connectivity index (χ0v) is 19.1. The van der Waals surface area contributed by atoms with Crippen LogP contribution in [0.2, 0.25) is 0 Å². The van der Waals surface area contributed by atoms with Gasteiger partial charge in [0.2, 0.25) is 5.91 Å². The maximum atomic E-state index is 12.8. The first-order valence-electron chi connectivity index (χ1n) is 11.0. The van der Waals surface area contributed by atoms with Gasteiger partial charge in [-0.2, -0.15) is 0 Å². The summed E-state index contributed by atoms with van der Waals surface area (Å²) in [4.78, 5) is 31.2. The van der Waals surface area contributed by atoms with E-state index in [2.05, 4.69) is 20.9 Å². The molecule has 172 valence electrons. The predicted molar refractivity (Wildman–Crippen MR) is 124 cm³/mol. The van der Waals surface area contributed by atoms with Crippen LogP contribution in [0.15, 0.2) is 52.1 Å². The van der Waals surface area contributed by atoms with Gasteiger partial charge >= 0.3 is 0 Å². The number of hydrogen-bond acceptors (Lipinski definition) is 4. The third kappa shape index (κ3) is 5.90. The first-order chi connectivity index (χ1) is 15.4. The van der Waals surface area contributed by atoms with Crippen LogP contribution in [0.25, 0.3) is 0 Å². The minimum absolute atomic E-state index is 0.156. The highest BCUT2D eigenvalue weighted by molar-refractivity contribution is 5.94. The predicted octanol–water partition coefficient (Wildman–Crippen LogP) is 2.52. The molecule has 1 saturated carbocycles. The van der Waals surface area contributed by atoms with Crippen LogP contribution in [0.3, 0.4) is 0 Å². The molecule has 3 rings (SSSR count). The molecular weight excluding hydrogens is 406 g/mol. The number of hydrogen-bond donors (Lipinski definition) is 3. The number of amides is 2. The Morgan fingerprint density at radius 2 is 1.84 bits per heavy atom. The number of nitrogens with zero attached hydrogens (tertiary/aromatic N) is 2. The van der Waals surface area contributed by atoms with Crippen molar-refractivity contribution in [2.24, 2.45) is 10.4 Å². The molecule has 0 aliphatic heterocycles. The largest absolute Gasteiger partial charge is 0.467 e. The molecule has 0 saturated heterocycles. The number of nitrogens with one attached hydrogen (secondary N) is 3. The Morgan fingerprint density at radius 3 is 2.50 bits per heavy atom. The summed E-state index contributed by atoms with van der Waals surface area (Å²) in [7, 11) is 5.34. The van der Waals surface area contributed by atoms with Crippen molar-refractivity contribution in [3.05, 3.63) is 59.5 Å². The number of benzene rings is 1. The van der Waals surface area contributed by atoms with Crippen LogP contribution in [-0.2, 0) is 17.9 Å². The van der Waals surface area contributed by atoms with Crippen molar-refractivity contribution in [2.45, 2.75) is 38.8 Å². The van der Waals surface area contributed by atoms with E-state index in [1.165, 1.54) is 0 Å². The standard InChI is InChI=1S/C24H33N5O3/c1-25-23(28-17-24(11-4-5-12-24)22(31)29(2)3)27-15-18-8-6-9-19(14-18)21(30)26-16-20-10-7-13-32-20/h6-10,13-14H,4-5,11-12,15-17H2,1-3H3,(H,26,30)(H2,25,27,28). The molecule has 1 aliphatic rings. The summed E-state index contributed by atoms with van der Waals surface area (Å²) in [5, 5.41) is 9.47. The Morgan fingerprint density at radius 1 is 1.06 bits per heavy atom. The highest BCUT2D eigenvalue weighted by Gasteiger charge is 2.42. The van der Waals surface area contributed by atoms with Crippen LogP contribution in [0.4, 0.5) is 0 Å². The Hall–Kier alpha value is -3.29. The summed E-state index contributed by atoms with van der Waals surface area (Å²) in [5.41, 5.74) is 1.17. The highest BCUT2D eigenvalue weighted by atomic mass is 16.3. The quantitative estimate of drug-likeness (QED) is 0.434. The van der Waals surface area contributed by atoms with Crippen molar-refractivity contribution >= 4 is 17.8 Å². The second-order valence-corrected chi connectivity index (χ2v) is 8.43. The zero-order valence-electron chi connectivity index (χ0n) is 19.1. The van der Waals surface area contributed by atoms with Gasteiger partial charge in [0.05, 0.1) is 18.2 Å². The molecule has 2 aromatic rings. The lowest BCUT2D eigenvalue weighted by Crippen LogP contribution is -2.49. The van der Waals surface area contributed by atoms with Crippen LogP contribution in [0.1, 0.15) is 47.4 Å². The lowest BCUT2D eigenvalue weighted by Gasteiger charge is -2.31. The number of carbonyl (C=O) groups is 2. The van der Waals surface area contributed by atoms with Crippen molar-refractivity contribution < 1.29 is 14.0 Å². The molecule has 2 amide bonds. The van der Waals surface area contributed by atoms with Crippen LogP contribution in [0, 0.1) is 5.41 Å². The summed E-state index contributed by atoms with van der Waals surface area (Å²) in [5.74, 6) is 1.36. The molecule has 0 unspecified atom stereocenters. The van der Waals surface area contributed by atoms with Gasteiger partial charge in [-0.25, -0.2) is 0 Å². The second-order valence-electron chi connectivity index (χ2n) is 8.43. The SMILES string of the molecule is CN=C(NCc1cccc(C(=O)NCc2ccco2)c1)NCC1(C(=O)N(C)C)CCCC1. The maximum Gasteiger partial charge on any atom is 0.251 e. The Kier molecular flexibility index (Phi) is 7.92. The molecule has 1 aromatic carbocycles. The first-order valence-corrected chi connectivity index (χ1v) is 11.0. The molecule has 1 aliphatic carbocycles. The van der Waals surface area contributed by atoms with E-state index in [4.69, 9.17) is 4.42 Å². The van der Waals surface area contributed by atoms with Gasteiger partial charge in [0.15, 0.2) is 5.96 Å². The molecular formula is C24H33N5O3. The second kappa shape index (κ2) is 10.8. The minimum Gasteiger partial charge on any atom is -0.467 e. The molecule has 0 radical (unpaired) electrons. The summed E-state index contributed by atoms with van der Waals surface area (Å²) in [6, 6.07) is 11.1. The van der Waals surface area contributed by atoms with Crippen molar-refractivity contribution in [1.82, 2.24) is 20.9 Å². The Bertz CT molecular complexity index is 931. The van der Waals surface area contributed by atoms with Crippen molar-refractivity contribution in [3.8, 4) is 0 Å². The molecule has 1 aromatic heterocycles. The number of furan rings is 1. The molecule has 8 nitrogen and oxygen atoms in total. The molecule has 0 spiro atoms. The van der Waals surface area contributed by atoms with E-state index in [0.29, 0.717) is 36.9 Å². The van der Waals surface area contributed by atoms with E-state index in [9.17, 15) is 9.59 Å². The summed E-state index contributed by atoms with van der Waals surface area (Å²) in [6.07, 6.45) is 5.51. The van der Waals surface area contributed by atoms with Gasteiger partial charge in [-0.15, -0.1) is 0 Å². The van der Waals surface area contributed by atoms with Gasteiger partial charge in [0, 0.05) is 39.8 Å². The minimum atomic E-state index is -0.368. The third-order valence-corrected chi connectivity index (χ3v) is 5.89. The van der Waals surface area contributed by atoms with Gasteiger partial charge in [-0.3, -0.25) is 14.6 Å². The third-order valence-electron chi connectivity index (χ3n) is 5.89. The van der Waals surface area contributed by atoms with Gasteiger partial charge in [-0.1, -0.05) is 25.0 Å². The van der Waals surface area contributed by atoms with E-state index < -0.39 is 0 Å². The van der Waals surface area contributed by atoms with Gasteiger partial charge in [0.1, 0.15) is 5.76 Å². The van der Waals surface area contributed by atoms with Crippen LogP contribution in [-0.4, -0.2) is 50.4 Å². The van der Waals surface area contributed by atoms with Crippen molar-refractivity contribution in [3.63, 3.8) is 0 Å². The monoisotopic (exact) mass is 439 g/mol. The molecule has 1 fully saturated rings. The zero-order chi connectivity index (χ0) is 23.0. The fraction of sp³-hybridized carbons (Fsp3) is 0.458. The van der Waals surface area contributed by atoms with Gasteiger partial charge in [0.25, 0.3) is 5.91 Å². The van der Waals surface area contributed by atoms with Crippen LogP contribution in [0.5, 0.6) is 0 Å². The molecule has 8 heteroatoms. The summed E-state index contributed by atoms with van der Waals surface area (Å²) in [6.45, 7) is 1.41. The first kappa shape index (κ1) is 23.4. The van der Waals surface area contributed by atoms with E-state index in [0.717, 1.165) is 31.2 Å². The fourth-order valence-corrected chi connectivity index (χ4v) is 4.16. The van der Waals surface area contributed by atoms with Crippen molar-refractivity contribution in [1.29, 1.82) is 0 Å². The number of guanidine groups is 1. The molecule has 3 N–H and O–H groups in total. The van der Waals surface area contributed by atoms with Crippen molar-refractivity contribution in [2.75, 3.05) is 27.7 Å². The Balaban J connectivity index is 1.54. The number of carbonyl (C=O) groups excluding carboxylic acids is 2. The lowest BCUT2D eigenvalue weighted by atomic mass is 9.84. The van der Waals surface area contributed by atoms with E-state index >= 15 is 0 Å². The highest BCUT2D eigenvalue weighted by Crippen LogP contribution is 2.38. The van der Waals surface area contributed by atoms with E-state index in [1.54, 1.807) is 30.3 Å².